The molecule has 2 heterocycles. The average Bonchev–Trinajstić information content (AvgIpc) is 2.67. The lowest BCUT2D eigenvalue weighted by Gasteiger charge is -2.25. The molecule has 2 N–H and O–H groups in total. The molecular weight excluding hydrogens is 443 g/mol. The topological polar surface area (TPSA) is 67.8 Å². The number of guanidine groups is 1. The number of aromatic nitrogens is 1. The van der Waals surface area contributed by atoms with E-state index in [4.69, 9.17) is 9.47 Å². The Morgan fingerprint density at radius 2 is 1.96 bits per heavy atom. The fourth-order valence-corrected chi connectivity index (χ4v) is 2.54. The SMILES string of the molecule is CCNC(=NCC1COc2ccccc2O1)NCCc1ccccn1.I. The molecule has 0 saturated heterocycles. The second-order valence-electron chi connectivity index (χ2n) is 5.72. The van der Waals surface area contributed by atoms with Gasteiger partial charge in [-0.25, -0.2) is 4.99 Å². The van der Waals surface area contributed by atoms with Crippen LogP contribution in [0.3, 0.4) is 0 Å². The van der Waals surface area contributed by atoms with Crippen LogP contribution < -0.4 is 20.1 Å². The maximum absolute atomic E-state index is 5.94. The minimum atomic E-state index is -0.0823. The molecular formula is C19H25IN4O2. The Balaban J connectivity index is 0.00000243. The zero-order valence-electron chi connectivity index (χ0n) is 14.9. The minimum absolute atomic E-state index is 0. The predicted octanol–water partition coefficient (Wildman–Crippen LogP) is 2.64. The van der Waals surface area contributed by atoms with Gasteiger partial charge < -0.3 is 20.1 Å². The van der Waals surface area contributed by atoms with Crippen LogP contribution in [0.15, 0.2) is 53.7 Å². The molecule has 0 fully saturated rings. The van der Waals surface area contributed by atoms with Crippen LogP contribution >= 0.6 is 24.0 Å². The molecule has 0 aliphatic carbocycles. The van der Waals surface area contributed by atoms with Crippen molar-refractivity contribution in [3.05, 3.63) is 54.4 Å². The lowest BCUT2D eigenvalue weighted by Crippen LogP contribution is -2.40. The first-order valence-electron chi connectivity index (χ1n) is 8.65. The molecule has 1 aromatic heterocycles. The molecule has 1 aliphatic rings. The van der Waals surface area contributed by atoms with Gasteiger partial charge in [0, 0.05) is 31.4 Å². The van der Waals surface area contributed by atoms with Crippen LogP contribution in [0, 0.1) is 0 Å². The Morgan fingerprint density at radius 1 is 1.15 bits per heavy atom. The second-order valence-corrected chi connectivity index (χ2v) is 5.72. The van der Waals surface area contributed by atoms with E-state index in [1.54, 1.807) is 0 Å². The minimum Gasteiger partial charge on any atom is -0.486 e. The highest BCUT2D eigenvalue weighted by Gasteiger charge is 2.20. The first-order valence-corrected chi connectivity index (χ1v) is 8.65. The highest BCUT2D eigenvalue weighted by molar-refractivity contribution is 14.0. The first-order chi connectivity index (χ1) is 12.3. The van der Waals surface area contributed by atoms with E-state index in [0.717, 1.165) is 42.7 Å². The van der Waals surface area contributed by atoms with E-state index in [9.17, 15) is 0 Å². The molecule has 1 aromatic carbocycles. The van der Waals surface area contributed by atoms with Gasteiger partial charge in [0.2, 0.25) is 0 Å². The highest BCUT2D eigenvalue weighted by atomic mass is 127. The lowest BCUT2D eigenvalue weighted by atomic mass is 10.2. The van der Waals surface area contributed by atoms with Gasteiger partial charge in [-0.2, -0.15) is 0 Å². The summed E-state index contributed by atoms with van der Waals surface area (Å²) in [6, 6.07) is 13.7. The van der Waals surface area contributed by atoms with Crippen molar-refractivity contribution in [3.63, 3.8) is 0 Å². The molecule has 1 aliphatic heterocycles. The number of fused-ring (bicyclic) bond motifs is 1. The maximum atomic E-state index is 5.94. The van der Waals surface area contributed by atoms with Crippen molar-refractivity contribution in [1.29, 1.82) is 0 Å². The Morgan fingerprint density at radius 3 is 2.73 bits per heavy atom. The van der Waals surface area contributed by atoms with Gasteiger partial charge in [0.1, 0.15) is 6.61 Å². The summed E-state index contributed by atoms with van der Waals surface area (Å²) >= 11 is 0. The van der Waals surface area contributed by atoms with Gasteiger partial charge in [0.05, 0.1) is 6.54 Å². The van der Waals surface area contributed by atoms with Crippen molar-refractivity contribution in [2.45, 2.75) is 19.4 Å². The van der Waals surface area contributed by atoms with Crippen molar-refractivity contribution in [2.24, 2.45) is 4.99 Å². The molecule has 0 bridgehead atoms. The standard InChI is InChI=1S/C19H24N4O2.HI/c1-2-20-19(22-12-10-15-7-5-6-11-21-15)23-13-16-14-24-17-8-3-4-9-18(17)25-16;/h3-9,11,16H,2,10,12-14H2,1H3,(H2,20,22,23);1H. The van der Waals surface area contributed by atoms with Crippen molar-refractivity contribution in [3.8, 4) is 11.5 Å². The number of nitrogens with one attached hydrogen (secondary N) is 2. The van der Waals surface area contributed by atoms with E-state index >= 15 is 0 Å². The number of hydrogen-bond donors (Lipinski definition) is 2. The quantitative estimate of drug-likeness (QED) is 0.388. The molecule has 3 rings (SSSR count). The van der Waals surface area contributed by atoms with Crippen LogP contribution in [0.2, 0.25) is 0 Å². The number of rotatable bonds is 6. The van der Waals surface area contributed by atoms with Crippen LogP contribution in [-0.4, -0.2) is 43.3 Å². The Labute approximate surface area is 171 Å². The monoisotopic (exact) mass is 468 g/mol. The summed E-state index contributed by atoms with van der Waals surface area (Å²) in [4.78, 5) is 8.94. The van der Waals surface area contributed by atoms with E-state index in [2.05, 4.69) is 20.6 Å². The van der Waals surface area contributed by atoms with Crippen LogP contribution in [-0.2, 0) is 6.42 Å². The van der Waals surface area contributed by atoms with E-state index in [1.165, 1.54) is 0 Å². The first kappa shape index (κ1) is 20.3. The van der Waals surface area contributed by atoms with E-state index < -0.39 is 0 Å². The molecule has 2 aromatic rings. The molecule has 26 heavy (non-hydrogen) atoms. The average molecular weight is 468 g/mol. The third kappa shape index (κ3) is 6.05. The number of ether oxygens (including phenoxy) is 2. The molecule has 0 saturated carbocycles. The summed E-state index contributed by atoms with van der Waals surface area (Å²) in [6.07, 6.45) is 2.58. The van der Waals surface area contributed by atoms with Gasteiger partial charge in [-0.3, -0.25) is 4.98 Å². The fourth-order valence-electron chi connectivity index (χ4n) is 2.54. The van der Waals surface area contributed by atoms with Gasteiger partial charge >= 0.3 is 0 Å². The number of para-hydroxylation sites is 2. The summed E-state index contributed by atoms with van der Waals surface area (Å²) in [6.45, 7) is 4.67. The van der Waals surface area contributed by atoms with Crippen LogP contribution in [0.4, 0.5) is 0 Å². The van der Waals surface area contributed by atoms with Crippen molar-refractivity contribution < 1.29 is 9.47 Å². The molecule has 1 unspecified atom stereocenters. The van der Waals surface area contributed by atoms with Crippen molar-refractivity contribution in [1.82, 2.24) is 15.6 Å². The maximum Gasteiger partial charge on any atom is 0.191 e. The third-order valence-corrected chi connectivity index (χ3v) is 3.76. The fraction of sp³-hybridized carbons (Fsp3) is 0.368. The number of pyridine rings is 1. The van der Waals surface area contributed by atoms with Gasteiger partial charge in [-0.1, -0.05) is 18.2 Å². The van der Waals surface area contributed by atoms with Crippen LogP contribution in [0.1, 0.15) is 12.6 Å². The van der Waals surface area contributed by atoms with Crippen molar-refractivity contribution >= 4 is 29.9 Å². The largest absolute Gasteiger partial charge is 0.486 e. The van der Waals surface area contributed by atoms with Crippen molar-refractivity contribution in [2.75, 3.05) is 26.2 Å². The number of hydrogen-bond acceptors (Lipinski definition) is 4. The Bertz CT molecular complexity index is 697. The molecule has 0 radical (unpaired) electrons. The van der Waals surface area contributed by atoms with Crippen LogP contribution in [0.5, 0.6) is 11.5 Å². The van der Waals surface area contributed by atoms with Gasteiger partial charge in [-0.05, 0) is 31.2 Å². The zero-order valence-corrected chi connectivity index (χ0v) is 17.2. The summed E-state index contributed by atoms with van der Waals surface area (Å²) in [7, 11) is 0. The predicted molar refractivity (Wildman–Crippen MR) is 114 cm³/mol. The zero-order chi connectivity index (χ0) is 17.3. The molecule has 140 valence electrons. The van der Waals surface area contributed by atoms with Gasteiger partial charge in [0.25, 0.3) is 0 Å². The van der Waals surface area contributed by atoms with Gasteiger partial charge in [0.15, 0.2) is 23.6 Å². The normalized spacial score (nSPS) is 15.7. The van der Waals surface area contributed by atoms with E-state index in [-0.39, 0.29) is 30.1 Å². The highest BCUT2D eigenvalue weighted by Crippen LogP contribution is 2.30. The Kier molecular flexibility index (Phi) is 8.46. The molecule has 0 amide bonds. The molecule has 6 nitrogen and oxygen atoms in total. The number of aliphatic imine (C=N–C) groups is 1. The molecule has 1 atom stereocenters. The third-order valence-electron chi connectivity index (χ3n) is 3.76. The number of nitrogens with zero attached hydrogens (tertiary/aromatic N) is 2. The second kappa shape index (κ2) is 10.8. The summed E-state index contributed by atoms with van der Waals surface area (Å²) in [5, 5.41) is 6.58. The van der Waals surface area contributed by atoms with E-state index in [0.29, 0.717) is 13.2 Å². The van der Waals surface area contributed by atoms with Gasteiger partial charge in [-0.15, -0.1) is 24.0 Å². The molecule has 7 heteroatoms. The Hall–Kier alpha value is -2.03. The van der Waals surface area contributed by atoms with Crippen LogP contribution in [0.25, 0.3) is 0 Å². The summed E-state index contributed by atoms with van der Waals surface area (Å²) < 4.78 is 11.7. The summed E-state index contributed by atoms with van der Waals surface area (Å²) in [5.74, 6) is 2.35. The number of halogens is 1. The lowest BCUT2D eigenvalue weighted by molar-refractivity contribution is 0.0971. The summed E-state index contributed by atoms with van der Waals surface area (Å²) in [5.41, 5.74) is 1.06. The number of benzene rings is 1. The van der Waals surface area contributed by atoms with E-state index in [1.807, 2.05) is 55.6 Å². The smallest absolute Gasteiger partial charge is 0.191 e. The molecule has 0 spiro atoms.